The predicted molar refractivity (Wildman–Crippen MR) is 53.9 cm³/mol. The van der Waals surface area contributed by atoms with Crippen molar-refractivity contribution in [2.75, 3.05) is 19.8 Å². The van der Waals surface area contributed by atoms with Crippen molar-refractivity contribution >= 4 is 11.9 Å². The molecule has 1 heterocycles. The largest absolute Gasteiger partial charge is 0.480 e. The third kappa shape index (κ3) is 3.44. The van der Waals surface area contributed by atoms with E-state index in [2.05, 4.69) is 10.6 Å². The molecule has 1 unspecified atom stereocenters. The summed E-state index contributed by atoms with van der Waals surface area (Å²) in [7, 11) is 0. The van der Waals surface area contributed by atoms with Gasteiger partial charge in [0, 0.05) is 6.54 Å². The van der Waals surface area contributed by atoms with Gasteiger partial charge < -0.3 is 25.6 Å². The fourth-order valence-electron chi connectivity index (χ4n) is 1.38. The van der Waals surface area contributed by atoms with Crippen LogP contribution in [0.2, 0.25) is 0 Å². The molecule has 3 atom stereocenters. The summed E-state index contributed by atoms with van der Waals surface area (Å²) in [5.74, 6) is -1.74. The van der Waals surface area contributed by atoms with E-state index >= 15 is 0 Å². The highest BCUT2D eigenvalue weighted by Crippen LogP contribution is 1.97. The van der Waals surface area contributed by atoms with Gasteiger partial charge >= 0.3 is 5.97 Å². The zero-order chi connectivity index (χ0) is 12.1. The second-order valence-electron chi connectivity index (χ2n) is 3.65. The monoisotopic (exact) mass is 232 g/mol. The summed E-state index contributed by atoms with van der Waals surface area (Å²) < 4.78 is 5.07. The summed E-state index contributed by atoms with van der Waals surface area (Å²) in [6, 6.07) is -1.86. The smallest absolute Gasteiger partial charge is 0.328 e. The van der Waals surface area contributed by atoms with Crippen LogP contribution in [-0.4, -0.2) is 60.0 Å². The molecular weight excluding hydrogens is 216 g/mol. The summed E-state index contributed by atoms with van der Waals surface area (Å²) in [5.41, 5.74) is 0. The first-order chi connectivity index (χ1) is 7.52. The standard InChI is InChI=1S/C9H16N2O5/c1-5(12)7(9(14)15)11-8(13)6-4-16-3-2-10-6/h5-7,10,12H,2-4H2,1H3,(H,11,13)(H,14,15)/t5-,6?,7+/m1/s1. The van der Waals surface area contributed by atoms with Gasteiger partial charge in [-0.25, -0.2) is 4.79 Å². The van der Waals surface area contributed by atoms with Gasteiger partial charge in [-0.3, -0.25) is 4.79 Å². The molecule has 0 aliphatic carbocycles. The quantitative estimate of drug-likeness (QED) is 0.443. The zero-order valence-corrected chi connectivity index (χ0v) is 8.97. The number of carboxylic acid groups (broad SMARTS) is 1. The highest BCUT2D eigenvalue weighted by Gasteiger charge is 2.29. The maximum absolute atomic E-state index is 11.6. The van der Waals surface area contributed by atoms with E-state index in [0.29, 0.717) is 13.2 Å². The molecule has 7 nitrogen and oxygen atoms in total. The maximum Gasteiger partial charge on any atom is 0.328 e. The minimum Gasteiger partial charge on any atom is -0.480 e. The Morgan fingerprint density at radius 3 is 2.69 bits per heavy atom. The van der Waals surface area contributed by atoms with Crippen LogP contribution in [0.1, 0.15) is 6.92 Å². The van der Waals surface area contributed by atoms with Crippen LogP contribution in [-0.2, 0) is 14.3 Å². The minimum atomic E-state index is -1.30. The van der Waals surface area contributed by atoms with Crippen LogP contribution < -0.4 is 10.6 Å². The van der Waals surface area contributed by atoms with E-state index in [0.717, 1.165) is 0 Å². The summed E-state index contributed by atoms with van der Waals surface area (Å²) in [4.78, 5) is 22.3. The van der Waals surface area contributed by atoms with Crippen molar-refractivity contribution < 1.29 is 24.5 Å². The van der Waals surface area contributed by atoms with Crippen LogP contribution >= 0.6 is 0 Å². The maximum atomic E-state index is 11.6. The molecule has 1 fully saturated rings. The van der Waals surface area contributed by atoms with E-state index in [1.807, 2.05) is 0 Å². The number of morpholine rings is 1. The van der Waals surface area contributed by atoms with E-state index < -0.39 is 30.1 Å². The van der Waals surface area contributed by atoms with Crippen LogP contribution in [0, 0.1) is 0 Å². The first-order valence-corrected chi connectivity index (χ1v) is 5.04. The van der Waals surface area contributed by atoms with Crippen molar-refractivity contribution in [3.63, 3.8) is 0 Å². The minimum absolute atomic E-state index is 0.206. The Kier molecular flexibility index (Phi) is 4.66. The number of nitrogens with one attached hydrogen (secondary N) is 2. The first-order valence-electron chi connectivity index (χ1n) is 5.04. The lowest BCUT2D eigenvalue weighted by atomic mass is 10.1. The summed E-state index contributed by atoms with van der Waals surface area (Å²) in [5, 5.41) is 23.1. The molecule has 0 spiro atoms. The molecule has 1 aliphatic heterocycles. The van der Waals surface area contributed by atoms with Crippen LogP contribution in [0.15, 0.2) is 0 Å². The van der Waals surface area contributed by atoms with E-state index in [1.54, 1.807) is 0 Å². The van der Waals surface area contributed by atoms with Gasteiger partial charge in [-0.15, -0.1) is 0 Å². The Balaban J connectivity index is 2.50. The Labute approximate surface area is 92.8 Å². The average Bonchev–Trinajstić information content (AvgIpc) is 2.25. The predicted octanol–water partition coefficient (Wildman–Crippen LogP) is -2.07. The van der Waals surface area contributed by atoms with Gasteiger partial charge in [0.1, 0.15) is 6.04 Å². The van der Waals surface area contributed by atoms with E-state index in [-0.39, 0.29) is 6.61 Å². The number of hydrogen-bond acceptors (Lipinski definition) is 5. The summed E-state index contributed by atoms with van der Waals surface area (Å²) >= 11 is 0. The molecule has 1 saturated heterocycles. The molecule has 16 heavy (non-hydrogen) atoms. The first kappa shape index (κ1) is 12.9. The molecule has 0 aromatic rings. The molecule has 0 radical (unpaired) electrons. The molecular formula is C9H16N2O5. The Morgan fingerprint density at radius 1 is 1.56 bits per heavy atom. The van der Waals surface area contributed by atoms with Crippen LogP contribution in [0.5, 0.6) is 0 Å². The van der Waals surface area contributed by atoms with Crippen molar-refractivity contribution in [3.8, 4) is 0 Å². The molecule has 92 valence electrons. The van der Waals surface area contributed by atoms with Gasteiger partial charge in [0.2, 0.25) is 5.91 Å². The summed E-state index contributed by atoms with van der Waals surface area (Å²) in [6.07, 6.45) is -1.15. The molecule has 1 rings (SSSR count). The van der Waals surface area contributed by atoms with Gasteiger partial charge in [0.25, 0.3) is 0 Å². The Bertz CT molecular complexity index is 263. The number of aliphatic carboxylic acids is 1. The second-order valence-corrected chi connectivity index (χ2v) is 3.65. The lowest BCUT2D eigenvalue weighted by molar-refractivity contribution is -0.145. The molecule has 4 N–H and O–H groups in total. The lowest BCUT2D eigenvalue weighted by Crippen LogP contribution is -2.57. The van der Waals surface area contributed by atoms with Gasteiger partial charge in [-0.2, -0.15) is 0 Å². The lowest BCUT2D eigenvalue weighted by Gasteiger charge is -2.25. The third-order valence-electron chi connectivity index (χ3n) is 2.28. The van der Waals surface area contributed by atoms with Crippen molar-refractivity contribution in [3.05, 3.63) is 0 Å². The number of carbonyl (C=O) groups excluding carboxylic acids is 1. The highest BCUT2D eigenvalue weighted by atomic mass is 16.5. The molecule has 0 saturated carbocycles. The number of carboxylic acids is 1. The Hall–Kier alpha value is -1.18. The van der Waals surface area contributed by atoms with Crippen LogP contribution in [0.4, 0.5) is 0 Å². The number of ether oxygens (including phenoxy) is 1. The number of aliphatic hydroxyl groups is 1. The normalized spacial score (nSPS) is 24.5. The van der Waals surface area contributed by atoms with Crippen LogP contribution in [0.25, 0.3) is 0 Å². The number of hydrogen-bond donors (Lipinski definition) is 4. The molecule has 1 amide bonds. The number of rotatable bonds is 4. The average molecular weight is 232 g/mol. The van der Waals surface area contributed by atoms with Gasteiger partial charge in [0.15, 0.2) is 6.04 Å². The third-order valence-corrected chi connectivity index (χ3v) is 2.28. The second kappa shape index (κ2) is 5.78. The highest BCUT2D eigenvalue weighted by molar-refractivity contribution is 5.87. The molecule has 7 heteroatoms. The molecule has 0 aromatic heterocycles. The SMILES string of the molecule is C[C@@H](O)[C@H](NC(=O)C1COCCN1)C(=O)O. The van der Waals surface area contributed by atoms with Crippen LogP contribution in [0.3, 0.4) is 0 Å². The fraction of sp³-hybridized carbons (Fsp3) is 0.778. The van der Waals surface area contributed by atoms with Crippen molar-refractivity contribution in [2.24, 2.45) is 0 Å². The number of carbonyl (C=O) groups is 2. The fourth-order valence-corrected chi connectivity index (χ4v) is 1.38. The van der Waals surface area contributed by atoms with Gasteiger partial charge in [0.05, 0.1) is 19.3 Å². The van der Waals surface area contributed by atoms with Gasteiger partial charge in [-0.05, 0) is 6.92 Å². The number of amides is 1. The summed E-state index contributed by atoms with van der Waals surface area (Å²) in [6.45, 7) is 2.59. The number of aliphatic hydroxyl groups excluding tert-OH is 1. The Morgan fingerprint density at radius 2 is 2.25 bits per heavy atom. The topological polar surface area (TPSA) is 108 Å². The van der Waals surface area contributed by atoms with E-state index in [4.69, 9.17) is 9.84 Å². The van der Waals surface area contributed by atoms with Gasteiger partial charge in [-0.1, -0.05) is 0 Å². The molecule has 0 aromatic carbocycles. The van der Waals surface area contributed by atoms with E-state index in [1.165, 1.54) is 6.92 Å². The van der Waals surface area contributed by atoms with Crippen molar-refractivity contribution in [1.82, 2.24) is 10.6 Å². The van der Waals surface area contributed by atoms with Crippen molar-refractivity contribution in [2.45, 2.75) is 25.1 Å². The zero-order valence-electron chi connectivity index (χ0n) is 8.97. The molecule has 1 aliphatic rings. The van der Waals surface area contributed by atoms with Crippen molar-refractivity contribution in [1.29, 1.82) is 0 Å². The van der Waals surface area contributed by atoms with E-state index in [9.17, 15) is 14.7 Å². The molecule has 0 bridgehead atoms.